The van der Waals surface area contributed by atoms with E-state index in [-0.39, 0.29) is 11.5 Å². The number of anilines is 1. The number of benzene rings is 2. The van der Waals surface area contributed by atoms with Gasteiger partial charge in [-0.05, 0) is 31.5 Å². The van der Waals surface area contributed by atoms with Gasteiger partial charge in [-0.15, -0.1) is 0 Å². The molecule has 3 aromatic rings. The van der Waals surface area contributed by atoms with Gasteiger partial charge in [0.2, 0.25) is 0 Å². The molecule has 0 unspecified atom stereocenters. The summed E-state index contributed by atoms with van der Waals surface area (Å²) in [4.78, 5) is 27.5. The summed E-state index contributed by atoms with van der Waals surface area (Å²) < 4.78 is 1.40. The molecule has 0 aliphatic heterocycles. The van der Waals surface area contributed by atoms with Gasteiger partial charge in [0.05, 0.1) is 5.39 Å². The van der Waals surface area contributed by atoms with Gasteiger partial charge in [0.25, 0.3) is 11.5 Å². The number of hydrogen-bond acceptors (Lipinski definition) is 3. The first kappa shape index (κ1) is 16.9. The highest BCUT2D eigenvalue weighted by molar-refractivity contribution is 6.12. The number of carbonyl (C=O) groups is 1. The lowest BCUT2D eigenvalue weighted by Gasteiger charge is -2.21. The van der Waals surface area contributed by atoms with Crippen molar-refractivity contribution in [2.45, 2.75) is 26.8 Å². The Morgan fingerprint density at radius 2 is 1.64 bits per heavy atom. The van der Waals surface area contributed by atoms with E-state index in [0.29, 0.717) is 29.6 Å². The summed E-state index contributed by atoms with van der Waals surface area (Å²) in [5.74, 6) is -0.199. The van der Waals surface area contributed by atoms with E-state index >= 15 is 0 Å². The largest absolute Gasteiger partial charge is 0.307 e. The number of amides is 1. The Balaban J connectivity index is 2.18. The van der Waals surface area contributed by atoms with Crippen molar-refractivity contribution in [1.29, 1.82) is 0 Å². The molecular weight excluding hydrogens is 314 g/mol. The molecule has 0 aliphatic rings. The van der Waals surface area contributed by atoms with E-state index in [9.17, 15) is 9.59 Å². The van der Waals surface area contributed by atoms with Crippen LogP contribution in [0, 0.1) is 0 Å². The summed E-state index contributed by atoms with van der Waals surface area (Å²) >= 11 is 0. The molecular formula is C20H21N3O2. The van der Waals surface area contributed by atoms with Crippen molar-refractivity contribution in [3.63, 3.8) is 0 Å². The first-order chi connectivity index (χ1) is 12.2. The van der Waals surface area contributed by atoms with Crippen molar-refractivity contribution in [1.82, 2.24) is 9.78 Å². The molecule has 0 saturated carbocycles. The number of aryl methyl sites for hydroxylation is 1. The fourth-order valence-corrected chi connectivity index (χ4v) is 2.94. The van der Waals surface area contributed by atoms with Crippen LogP contribution in [0.5, 0.6) is 0 Å². The third-order valence-electron chi connectivity index (χ3n) is 4.13. The van der Waals surface area contributed by atoms with Crippen LogP contribution in [0.4, 0.5) is 5.69 Å². The molecule has 0 atom stereocenters. The molecule has 1 heterocycles. The van der Waals surface area contributed by atoms with Gasteiger partial charge in [0.15, 0.2) is 5.69 Å². The van der Waals surface area contributed by atoms with E-state index in [1.165, 1.54) is 4.68 Å². The minimum absolute atomic E-state index is 0.156. The van der Waals surface area contributed by atoms with Gasteiger partial charge in [0.1, 0.15) is 0 Å². The third kappa shape index (κ3) is 3.18. The molecule has 1 amide bonds. The van der Waals surface area contributed by atoms with Crippen molar-refractivity contribution in [2.75, 3.05) is 11.4 Å². The number of hydrogen-bond donors (Lipinski definition) is 0. The second-order valence-corrected chi connectivity index (χ2v) is 5.81. The van der Waals surface area contributed by atoms with Crippen molar-refractivity contribution in [2.24, 2.45) is 0 Å². The van der Waals surface area contributed by atoms with E-state index in [0.717, 1.165) is 12.1 Å². The lowest BCUT2D eigenvalue weighted by Crippen LogP contribution is -2.34. The van der Waals surface area contributed by atoms with Crippen LogP contribution in [0.1, 0.15) is 30.8 Å². The number of nitrogens with zero attached hydrogens (tertiary/aromatic N) is 3. The standard InChI is InChI=1S/C20H21N3O2/c1-3-14-23-19(24)17-13-9-8-12-16(17)18(21-23)20(25)22(4-2)15-10-6-5-7-11-15/h5-13H,3-4,14H2,1-2H3. The average Bonchev–Trinajstić information content (AvgIpc) is 2.65. The van der Waals surface area contributed by atoms with Crippen molar-refractivity contribution >= 4 is 22.4 Å². The molecule has 1 aromatic heterocycles. The van der Waals surface area contributed by atoms with E-state index in [1.54, 1.807) is 17.0 Å². The Bertz CT molecular complexity index is 948. The maximum absolute atomic E-state index is 13.2. The normalized spacial score (nSPS) is 10.8. The lowest BCUT2D eigenvalue weighted by molar-refractivity contribution is 0.0983. The Morgan fingerprint density at radius 3 is 2.28 bits per heavy atom. The van der Waals surface area contributed by atoms with Crippen LogP contribution in [0.15, 0.2) is 59.4 Å². The Morgan fingerprint density at radius 1 is 1.00 bits per heavy atom. The zero-order valence-corrected chi connectivity index (χ0v) is 14.5. The monoisotopic (exact) mass is 335 g/mol. The summed E-state index contributed by atoms with van der Waals surface area (Å²) in [6.45, 7) is 4.91. The van der Waals surface area contributed by atoms with Gasteiger partial charge in [0, 0.05) is 24.2 Å². The van der Waals surface area contributed by atoms with Crippen LogP contribution in [0.2, 0.25) is 0 Å². The SMILES string of the molecule is CCCn1nc(C(=O)N(CC)c2ccccc2)c2ccccc2c1=O. The van der Waals surface area contributed by atoms with Crippen molar-refractivity contribution < 1.29 is 4.79 Å². The highest BCUT2D eigenvalue weighted by atomic mass is 16.2. The molecule has 0 N–H and O–H groups in total. The lowest BCUT2D eigenvalue weighted by atomic mass is 10.1. The molecule has 2 aromatic carbocycles. The highest BCUT2D eigenvalue weighted by Gasteiger charge is 2.22. The molecule has 5 heteroatoms. The van der Waals surface area contributed by atoms with Crippen molar-refractivity contribution in [3.8, 4) is 0 Å². The molecule has 0 bridgehead atoms. The molecule has 0 spiro atoms. The van der Waals surface area contributed by atoms with Gasteiger partial charge in [-0.1, -0.05) is 43.3 Å². The van der Waals surface area contributed by atoms with Crippen LogP contribution in [-0.4, -0.2) is 22.2 Å². The van der Waals surface area contributed by atoms with Gasteiger partial charge in [-0.2, -0.15) is 5.10 Å². The van der Waals surface area contributed by atoms with E-state index in [4.69, 9.17) is 0 Å². The molecule has 0 saturated heterocycles. The predicted octanol–water partition coefficient (Wildman–Crippen LogP) is 3.47. The second-order valence-electron chi connectivity index (χ2n) is 5.81. The maximum atomic E-state index is 13.2. The predicted molar refractivity (Wildman–Crippen MR) is 100 cm³/mol. The van der Waals surface area contributed by atoms with Gasteiger partial charge < -0.3 is 4.90 Å². The molecule has 5 nitrogen and oxygen atoms in total. The number of fused-ring (bicyclic) bond motifs is 1. The average molecular weight is 335 g/mol. The maximum Gasteiger partial charge on any atom is 0.279 e. The smallest absolute Gasteiger partial charge is 0.279 e. The highest BCUT2D eigenvalue weighted by Crippen LogP contribution is 2.20. The summed E-state index contributed by atoms with van der Waals surface area (Å²) in [7, 11) is 0. The number of para-hydroxylation sites is 1. The van der Waals surface area contributed by atoms with Crippen molar-refractivity contribution in [3.05, 3.63) is 70.6 Å². The Hall–Kier alpha value is -2.95. The molecule has 25 heavy (non-hydrogen) atoms. The van der Waals surface area contributed by atoms with E-state index in [1.807, 2.05) is 56.3 Å². The minimum atomic E-state index is -0.199. The number of aromatic nitrogens is 2. The molecule has 0 aliphatic carbocycles. The number of rotatable bonds is 5. The van der Waals surface area contributed by atoms with Gasteiger partial charge in [-0.25, -0.2) is 4.68 Å². The van der Waals surface area contributed by atoms with Gasteiger partial charge >= 0.3 is 0 Å². The summed E-state index contributed by atoms with van der Waals surface area (Å²) in [5, 5.41) is 5.52. The molecule has 0 radical (unpaired) electrons. The van der Waals surface area contributed by atoms with Crippen LogP contribution < -0.4 is 10.5 Å². The van der Waals surface area contributed by atoms with Crippen LogP contribution >= 0.6 is 0 Å². The fraction of sp³-hybridized carbons (Fsp3) is 0.250. The van der Waals surface area contributed by atoms with E-state index in [2.05, 4.69) is 5.10 Å². The third-order valence-corrected chi connectivity index (χ3v) is 4.13. The summed E-state index contributed by atoms with van der Waals surface area (Å²) in [6.07, 6.45) is 0.773. The van der Waals surface area contributed by atoms with E-state index < -0.39 is 0 Å². The zero-order valence-electron chi connectivity index (χ0n) is 14.5. The summed E-state index contributed by atoms with van der Waals surface area (Å²) in [5.41, 5.74) is 0.972. The first-order valence-electron chi connectivity index (χ1n) is 8.54. The second kappa shape index (κ2) is 7.30. The molecule has 128 valence electrons. The minimum Gasteiger partial charge on any atom is -0.307 e. The topological polar surface area (TPSA) is 55.2 Å². The van der Waals surface area contributed by atoms with Gasteiger partial charge in [-0.3, -0.25) is 9.59 Å². The zero-order chi connectivity index (χ0) is 17.8. The fourth-order valence-electron chi connectivity index (χ4n) is 2.94. The molecule has 3 rings (SSSR count). The molecule has 0 fully saturated rings. The first-order valence-corrected chi connectivity index (χ1v) is 8.54. The van der Waals surface area contributed by atoms with Crippen LogP contribution in [0.25, 0.3) is 10.8 Å². The van der Waals surface area contributed by atoms with Crippen LogP contribution in [0.3, 0.4) is 0 Å². The Kier molecular flexibility index (Phi) is 4.93. The number of carbonyl (C=O) groups excluding carboxylic acids is 1. The quantitative estimate of drug-likeness (QED) is 0.717. The van der Waals surface area contributed by atoms with Crippen LogP contribution in [-0.2, 0) is 6.54 Å². The summed E-state index contributed by atoms with van der Waals surface area (Å²) in [6, 6.07) is 16.7. The Labute approximate surface area is 146 Å².